The van der Waals surface area contributed by atoms with Crippen LogP contribution in [0.2, 0.25) is 0 Å². The highest BCUT2D eigenvalue weighted by Crippen LogP contribution is 2.21. The van der Waals surface area contributed by atoms with Gasteiger partial charge in [0.05, 0.1) is 12.2 Å². The predicted octanol–water partition coefficient (Wildman–Crippen LogP) is 2.49. The average Bonchev–Trinajstić information content (AvgIpc) is 3.01. The van der Waals surface area contributed by atoms with E-state index in [0.717, 1.165) is 0 Å². The highest BCUT2D eigenvalue weighted by Gasteiger charge is 2.23. The molecule has 0 radical (unpaired) electrons. The summed E-state index contributed by atoms with van der Waals surface area (Å²) in [4.78, 5) is 20.9. The molecule has 1 N–H and O–H groups in total. The Labute approximate surface area is 138 Å². The summed E-state index contributed by atoms with van der Waals surface area (Å²) in [6.45, 7) is 8.91. The molecule has 0 bridgehead atoms. The molecule has 23 heavy (non-hydrogen) atoms. The van der Waals surface area contributed by atoms with Gasteiger partial charge in [-0.2, -0.15) is 9.94 Å². The van der Waals surface area contributed by atoms with Gasteiger partial charge in [-0.3, -0.25) is 0 Å². The average molecular weight is 334 g/mol. The second kappa shape index (κ2) is 6.34. The van der Waals surface area contributed by atoms with Crippen molar-refractivity contribution in [3.05, 3.63) is 22.7 Å². The van der Waals surface area contributed by atoms with Gasteiger partial charge in [-0.15, -0.1) is 5.10 Å². The van der Waals surface area contributed by atoms with E-state index in [0.29, 0.717) is 21.7 Å². The number of carbonyl (C=O) groups is 1. The normalized spacial score (nSPS) is 12.5. The number of carbonyl (C=O) groups excluding carboxylic acids is 1. The van der Waals surface area contributed by atoms with Crippen LogP contribution >= 0.6 is 11.3 Å². The van der Waals surface area contributed by atoms with Gasteiger partial charge in [-0.1, -0.05) is 11.3 Å². The van der Waals surface area contributed by atoms with Gasteiger partial charge >= 0.3 is 6.09 Å². The van der Waals surface area contributed by atoms with Gasteiger partial charge in [0.2, 0.25) is 5.13 Å². The molecule has 1 amide bonds. The van der Waals surface area contributed by atoms with Gasteiger partial charge in [-0.05, 0) is 34.6 Å². The lowest BCUT2D eigenvalue weighted by Gasteiger charge is -2.21. The Morgan fingerprint density at radius 2 is 2.22 bits per heavy atom. The lowest BCUT2D eigenvalue weighted by atomic mass is 10.2. The first-order chi connectivity index (χ1) is 10.7. The Balaban J connectivity index is 2.23. The number of hydrogen-bond acceptors (Lipinski definition) is 7. The van der Waals surface area contributed by atoms with Crippen LogP contribution in [0.1, 0.15) is 50.3 Å². The molecule has 1 unspecified atom stereocenters. The highest BCUT2D eigenvalue weighted by atomic mass is 32.1. The van der Waals surface area contributed by atoms with Gasteiger partial charge in [0, 0.05) is 0 Å². The van der Waals surface area contributed by atoms with Crippen molar-refractivity contribution in [2.75, 3.05) is 0 Å². The minimum atomic E-state index is -0.579. The van der Waals surface area contributed by atoms with Gasteiger partial charge in [0.15, 0.2) is 5.82 Å². The molecule has 0 fully saturated rings. The van der Waals surface area contributed by atoms with Crippen molar-refractivity contribution in [3.8, 4) is 11.2 Å². The van der Waals surface area contributed by atoms with Crippen molar-refractivity contribution in [1.82, 2.24) is 25.1 Å². The number of aromatic nitrogens is 4. The van der Waals surface area contributed by atoms with Crippen LogP contribution in [-0.4, -0.2) is 31.4 Å². The van der Waals surface area contributed by atoms with E-state index in [-0.39, 0.29) is 0 Å². The molecule has 2 rings (SSSR count). The smallest absolute Gasteiger partial charge is 0.408 e. The second-order valence-corrected chi connectivity index (χ2v) is 6.92. The molecule has 0 aromatic carbocycles. The van der Waals surface area contributed by atoms with E-state index >= 15 is 0 Å². The quantitative estimate of drug-likeness (QED) is 0.924. The molecule has 122 valence electrons. The number of nitrogens with one attached hydrogen (secondary N) is 1. The largest absolute Gasteiger partial charge is 0.444 e. The molecule has 0 saturated heterocycles. The van der Waals surface area contributed by atoms with Crippen LogP contribution in [0.3, 0.4) is 0 Å². The third-order valence-electron chi connectivity index (χ3n) is 2.64. The summed E-state index contributed by atoms with van der Waals surface area (Å²) in [5.41, 5.74) is -0.579. The van der Waals surface area contributed by atoms with Crippen LogP contribution < -0.4 is 5.32 Å². The minimum absolute atomic E-state index is 0.430. The van der Waals surface area contributed by atoms with E-state index in [4.69, 9.17) is 10.00 Å². The van der Waals surface area contributed by atoms with E-state index in [9.17, 15) is 4.79 Å². The first-order valence-corrected chi connectivity index (χ1v) is 7.80. The Kier molecular flexibility index (Phi) is 4.65. The van der Waals surface area contributed by atoms with Crippen LogP contribution in [-0.2, 0) is 4.74 Å². The second-order valence-electron chi connectivity index (χ2n) is 5.92. The van der Waals surface area contributed by atoms with E-state index in [1.54, 1.807) is 34.6 Å². The third-order valence-corrected chi connectivity index (χ3v) is 3.52. The molecule has 0 aliphatic carbocycles. The number of aryl methyl sites for hydroxylation is 1. The summed E-state index contributed by atoms with van der Waals surface area (Å²) in [5, 5.41) is 16.4. The van der Waals surface area contributed by atoms with Crippen molar-refractivity contribution in [3.63, 3.8) is 0 Å². The lowest BCUT2D eigenvalue weighted by molar-refractivity contribution is 0.0505. The zero-order chi connectivity index (χ0) is 17.2. The molecule has 2 aromatic heterocycles. The number of amides is 1. The standard InChI is InChI=1S/C14H18N6O2S/c1-8(17-13(21)22-14(3,4)5)11-18-9(2)19-20(11)12-16-7-10(6-15)23-12/h7-8H,1-5H3,(H,17,21). The summed E-state index contributed by atoms with van der Waals surface area (Å²) in [7, 11) is 0. The first-order valence-electron chi connectivity index (χ1n) is 6.99. The zero-order valence-corrected chi connectivity index (χ0v) is 14.4. The van der Waals surface area contributed by atoms with Gasteiger partial charge in [-0.25, -0.2) is 14.8 Å². The summed E-state index contributed by atoms with van der Waals surface area (Å²) in [6, 6.07) is 1.61. The molecule has 0 aliphatic rings. The van der Waals surface area contributed by atoms with E-state index in [1.165, 1.54) is 22.2 Å². The molecule has 0 aliphatic heterocycles. The monoisotopic (exact) mass is 334 g/mol. The van der Waals surface area contributed by atoms with Crippen LogP contribution in [0.25, 0.3) is 5.13 Å². The van der Waals surface area contributed by atoms with Crippen molar-refractivity contribution in [1.29, 1.82) is 5.26 Å². The van der Waals surface area contributed by atoms with Gasteiger partial charge in [0.25, 0.3) is 0 Å². The maximum Gasteiger partial charge on any atom is 0.408 e. The Morgan fingerprint density at radius 3 is 2.78 bits per heavy atom. The summed E-state index contributed by atoms with van der Waals surface area (Å²) < 4.78 is 6.77. The molecular weight excluding hydrogens is 316 g/mol. The molecule has 0 spiro atoms. The van der Waals surface area contributed by atoms with Crippen LogP contribution in [0.15, 0.2) is 6.20 Å². The van der Waals surface area contributed by atoms with Crippen molar-refractivity contribution in [2.24, 2.45) is 0 Å². The topological polar surface area (TPSA) is 106 Å². The van der Waals surface area contributed by atoms with Crippen molar-refractivity contribution in [2.45, 2.75) is 46.3 Å². The minimum Gasteiger partial charge on any atom is -0.444 e. The number of nitrogens with zero attached hydrogens (tertiary/aromatic N) is 5. The number of hydrogen-bond donors (Lipinski definition) is 1. The predicted molar refractivity (Wildman–Crippen MR) is 84.3 cm³/mol. The zero-order valence-electron chi connectivity index (χ0n) is 13.6. The van der Waals surface area contributed by atoms with Gasteiger partial charge in [0.1, 0.15) is 22.4 Å². The molecule has 9 heteroatoms. The Morgan fingerprint density at radius 1 is 1.52 bits per heavy atom. The van der Waals surface area contributed by atoms with Crippen molar-refractivity contribution >= 4 is 17.4 Å². The van der Waals surface area contributed by atoms with E-state index in [1.807, 2.05) is 6.07 Å². The Bertz CT molecular complexity index is 752. The fourth-order valence-electron chi connectivity index (χ4n) is 1.82. The summed E-state index contributed by atoms with van der Waals surface area (Å²) in [6.07, 6.45) is 0.946. The highest BCUT2D eigenvalue weighted by molar-refractivity contribution is 7.14. The SMILES string of the molecule is Cc1nc(C(C)NC(=O)OC(C)(C)C)n(-c2ncc(C#N)s2)n1. The van der Waals surface area contributed by atoms with Crippen LogP contribution in [0, 0.1) is 18.3 Å². The van der Waals surface area contributed by atoms with Crippen LogP contribution in [0.5, 0.6) is 0 Å². The molecule has 1 atom stereocenters. The summed E-state index contributed by atoms with van der Waals surface area (Å²) >= 11 is 1.20. The van der Waals surface area contributed by atoms with Crippen LogP contribution in [0.4, 0.5) is 4.79 Å². The summed E-state index contributed by atoms with van der Waals surface area (Å²) in [5.74, 6) is 1.07. The fraction of sp³-hybridized carbons (Fsp3) is 0.500. The number of thiazole rings is 1. The fourth-order valence-corrected chi connectivity index (χ4v) is 2.49. The van der Waals surface area contributed by atoms with Gasteiger partial charge < -0.3 is 10.1 Å². The molecule has 2 heterocycles. The molecule has 8 nitrogen and oxygen atoms in total. The molecule has 0 saturated carbocycles. The number of alkyl carbamates (subject to hydrolysis) is 1. The maximum absolute atomic E-state index is 11.9. The number of ether oxygens (including phenoxy) is 1. The number of rotatable bonds is 3. The maximum atomic E-state index is 11.9. The Hall–Kier alpha value is -2.47. The van der Waals surface area contributed by atoms with E-state index < -0.39 is 17.7 Å². The van der Waals surface area contributed by atoms with Crippen molar-refractivity contribution < 1.29 is 9.53 Å². The van der Waals surface area contributed by atoms with E-state index in [2.05, 4.69) is 20.4 Å². The first kappa shape index (κ1) is 16.9. The third kappa shape index (κ3) is 4.26. The molecule has 2 aromatic rings. The number of nitriles is 1. The lowest BCUT2D eigenvalue weighted by Crippen LogP contribution is -2.34. The molecular formula is C14H18N6O2S.